The minimum Gasteiger partial charge on any atom is -0.313 e. The summed E-state index contributed by atoms with van der Waals surface area (Å²) in [5.41, 5.74) is 3.18. The molecule has 3 atom stereocenters. The van der Waals surface area contributed by atoms with Crippen LogP contribution in [0.2, 0.25) is 0 Å². The summed E-state index contributed by atoms with van der Waals surface area (Å²) in [5.74, 6) is 1.63. The number of hydrogen-bond donors (Lipinski definition) is 1. The molecule has 1 heteroatoms. The van der Waals surface area contributed by atoms with Crippen LogP contribution in [0.15, 0.2) is 24.3 Å². The van der Waals surface area contributed by atoms with Gasteiger partial charge in [-0.25, -0.2) is 0 Å². The monoisotopic (exact) mass is 187 g/mol. The van der Waals surface area contributed by atoms with Gasteiger partial charge in [-0.15, -0.1) is 0 Å². The minimum absolute atomic E-state index is 0.719. The van der Waals surface area contributed by atoms with Crippen molar-refractivity contribution < 1.29 is 0 Å². The van der Waals surface area contributed by atoms with Crippen molar-refractivity contribution in [2.24, 2.45) is 5.92 Å². The van der Waals surface area contributed by atoms with Crippen LogP contribution in [0.3, 0.4) is 0 Å². The third-order valence-corrected chi connectivity index (χ3v) is 3.91. The molecule has 0 bridgehead atoms. The van der Waals surface area contributed by atoms with Gasteiger partial charge in [0, 0.05) is 12.0 Å². The van der Waals surface area contributed by atoms with E-state index in [0.29, 0.717) is 0 Å². The van der Waals surface area contributed by atoms with Crippen LogP contribution in [0.4, 0.5) is 0 Å². The zero-order valence-electron chi connectivity index (χ0n) is 8.66. The summed E-state index contributed by atoms with van der Waals surface area (Å²) in [7, 11) is 0. The van der Waals surface area contributed by atoms with Crippen molar-refractivity contribution in [1.29, 1.82) is 0 Å². The molecule has 1 aromatic carbocycles. The summed E-state index contributed by atoms with van der Waals surface area (Å²) >= 11 is 0. The van der Waals surface area contributed by atoms with Gasteiger partial charge in [0.15, 0.2) is 0 Å². The molecule has 1 fully saturated rings. The predicted molar refractivity (Wildman–Crippen MR) is 58.5 cm³/mol. The molecule has 14 heavy (non-hydrogen) atoms. The molecule has 1 saturated heterocycles. The molecule has 1 aliphatic carbocycles. The van der Waals surface area contributed by atoms with Gasteiger partial charge in [0.25, 0.3) is 0 Å². The van der Waals surface area contributed by atoms with Gasteiger partial charge < -0.3 is 5.32 Å². The van der Waals surface area contributed by atoms with Crippen LogP contribution >= 0.6 is 0 Å². The van der Waals surface area contributed by atoms with Crippen LogP contribution in [0.1, 0.15) is 30.4 Å². The largest absolute Gasteiger partial charge is 0.313 e. The Balaban J connectivity index is 2.03. The maximum absolute atomic E-state index is 3.66. The Hall–Kier alpha value is -0.820. The van der Waals surface area contributed by atoms with Crippen LogP contribution in [0.25, 0.3) is 0 Å². The van der Waals surface area contributed by atoms with E-state index in [9.17, 15) is 0 Å². The average molecular weight is 187 g/mol. The molecule has 1 aliphatic heterocycles. The molecule has 0 unspecified atom stereocenters. The molecule has 3 rings (SSSR count). The molecule has 74 valence electrons. The number of hydrogen-bond acceptors (Lipinski definition) is 1. The highest BCUT2D eigenvalue weighted by Gasteiger charge is 2.37. The lowest BCUT2D eigenvalue weighted by Gasteiger charge is -2.33. The minimum atomic E-state index is 0.719. The molecule has 1 aromatic rings. The quantitative estimate of drug-likeness (QED) is 0.657. The molecular weight excluding hydrogens is 170 g/mol. The Kier molecular flexibility index (Phi) is 1.88. The smallest absolute Gasteiger partial charge is 0.0179 e. The lowest BCUT2D eigenvalue weighted by Crippen LogP contribution is -2.41. The third kappa shape index (κ3) is 1.12. The molecule has 1 nitrogen and oxygen atoms in total. The number of fused-ring (bicyclic) bond motifs is 3. The van der Waals surface area contributed by atoms with Crippen LogP contribution in [-0.4, -0.2) is 12.6 Å². The number of benzene rings is 1. The topological polar surface area (TPSA) is 12.0 Å². The summed E-state index contributed by atoms with van der Waals surface area (Å²) in [4.78, 5) is 0. The summed E-state index contributed by atoms with van der Waals surface area (Å²) in [6.07, 6.45) is 2.57. The van der Waals surface area contributed by atoms with Gasteiger partial charge in [-0.2, -0.15) is 0 Å². The Bertz CT molecular complexity index is 345. The molecule has 0 amide bonds. The zero-order valence-corrected chi connectivity index (χ0v) is 8.66. The highest BCUT2D eigenvalue weighted by Crippen LogP contribution is 2.41. The average Bonchev–Trinajstić information content (AvgIpc) is 2.57. The fourth-order valence-corrected chi connectivity index (χ4v) is 3.20. The molecule has 2 aliphatic rings. The van der Waals surface area contributed by atoms with Gasteiger partial charge in [-0.3, -0.25) is 0 Å². The van der Waals surface area contributed by atoms with Crippen molar-refractivity contribution >= 4 is 0 Å². The van der Waals surface area contributed by atoms with E-state index in [1.54, 1.807) is 11.1 Å². The van der Waals surface area contributed by atoms with Crippen molar-refractivity contribution in [1.82, 2.24) is 5.32 Å². The second kappa shape index (κ2) is 3.09. The first-order valence-corrected chi connectivity index (χ1v) is 5.67. The van der Waals surface area contributed by atoms with E-state index < -0.39 is 0 Å². The van der Waals surface area contributed by atoms with Crippen molar-refractivity contribution in [2.45, 2.75) is 31.7 Å². The highest BCUT2D eigenvalue weighted by atomic mass is 14.9. The van der Waals surface area contributed by atoms with Crippen LogP contribution in [-0.2, 0) is 6.42 Å². The van der Waals surface area contributed by atoms with E-state index >= 15 is 0 Å². The van der Waals surface area contributed by atoms with E-state index in [4.69, 9.17) is 0 Å². The number of nitrogens with one attached hydrogen (secondary N) is 1. The maximum atomic E-state index is 3.66. The Morgan fingerprint density at radius 3 is 3.07 bits per heavy atom. The molecular formula is C13H17N. The molecule has 1 heterocycles. The summed E-state index contributed by atoms with van der Waals surface area (Å²) in [5, 5.41) is 3.66. The first-order chi connectivity index (χ1) is 6.86. The van der Waals surface area contributed by atoms with Gasteiger partial charge in [0.2, 0.25) is 0 Å². The Morgan fingerprint density at radius 1 is 1.29 bits per heavy atom. The normalized spacial score (nSPS) is 35.1. The zero-order chi connectivity index (χ0) is 9.54. The molecule has 0 aromatic heterocycles. The maximum Gasteiger partial charge on any atom is 0.0179 e. The van der Waals surface area contributed by atoms with E-state index in [-0.39, 0.29) is 0 Å². The molecule has 1 N–H and O–H groups in total. The highest BCUT2D eigenvalue weighted by molar-refractivity contribution is 5.38. The first kappa shape index (κ1) is 8.49. The summed E-state index contributed by atoms with van der Waals surface area (Å²) in [6.45, 7) is 3.61. The summed E-state index contributed by atoms with van der Waals surface area (Å²) < 4.78 is 0. The second-order valence-corrected chi connectivity index (χ2v) is 4.76. The van der Waals surface area contributed by atoms with Gasteiger partial charge in [0.1, 0.15) is 0 Å². The van der Waals surface area contributed by atoms with E-state index in [1.165, 1.54) is 19.4 Å². The number of rotatable bonds is 0. The van der Waals surface area contributed by atoms with E-state index in [1.807, 2.05) is 0 Å². The lowest BCUT2D eigenvalue weighted by atomic mass is 9.81. The lowest BCUT2D eigenvalue weighted by molar-refractivity contribution is 0.287. The van der Waals surface area contributed by atoms with Crippen LogP contribution in [0, 0.1) is 5.92 Å². The van der Waals surface area contributed by atoms with Crippen molar-refractivity contribution in [2.75, 3.05) is 6.54 Å². The molecule has 0 radical (unpaired) electrons. The fourth-order valence-electron chi connectivity index (χ4n) is 3.20. The van der Waals surface area contributed by atoms with Gasteiger partial charge >= 0.3 is 0 Å². The third-order valence-electron chi connectivity index (χ3n) is 3.91. The number of piperidine rings is 1. The second-order valence-electron chi connectivity index (χ2n) is 4.76. The fraction of sp³-hybridized carbons (Fsp3) is 0.538. The molecule has 0 saturated carbocycles. The first-order valence-electron chi connectivity index (χ1n) is 5.67. The SMILES string of the molecule is C[C@H]1CCN[C@H]2Cc3ccccc3[C@H]21. The van der Waals surface area contributed by atoms with Crippen molar-refractivity contribution in [3.8, 4) is 0 Å². The van der Waals surface area contributed by atoms with Crippen molar-refractivity contribution in [3.05, 3.63) is 35.4 Å². The van der Waals surface area contributed by atoms with Gasteiger partial charge in [0.05, 0.1) is 0 Å². The molecule has 0 spiro atoms. The van der Waals surface area contributed by atoms with Crippen LogP contribution in [0.5, 0.6) is 0 Å². The predicted octanol–water partition coefficient (Wildman–Crippen LogP) is 2.32. The van der Waals surface area contributed by atoms with Crippen LogP contribution < -0.4 is 5.32 Å². The van der Waals surface area contributed by atoms with Gasteiger partial charge in [-0.1, -0.05) is 31.2 Å². The van der Waals surface area contributed by atoms with E-state index in [0.717, 1.165) is 17.9 Å². The van der Waals surface area contributed by atoms with Crippen molar-refractivity contribution in [3.63, 3.8) is 0 Å². The standard InChI is InChI=1S/C13H17N/c1-9-6-7-14-12-8-10-4-2-3-5-11(10)13(9)12/h2-5,9,12-14H,6-8H2,1H3/t9-,12-,13+/m0/s1. The van der Waals surface area contributed by atoms with E-state index in [2.05, 4.69) is 36.5 Å². The summed E-state index contributed by atoms with van der Waals surface area (Å²) in [6, 6.07) is 9.69. The Morgan fingerprint density at radius 2 is 2.14 bits per heavy atom. The Labute approximate surface area is 85.5 Å². The van der Waals surface area contributed by atoms with Gasteiger partial charge in [-0.05, 0) is 36.4 Å².